The minimum absolute atomic E-state index is 0.254. The highest BCUT2D eigenvalue weighted by molar-refractivity contribution is 5.90. The standard InChI is InChI=1S/C62H48N2/c1-43-18-28-52(29-19-43)63(55-34-26-49(27-35-55)51-21-20-46-16-10-11-17-50(46)40-51)56-36-38-58-59-39-37-57(42-61(59)62(2,3)60(58)41-56)64(53-30-22-47(23-31-53)44-12-6-4-7-13-44)54-32-24-48(25-33-54)45-14-8-5-9-15-45/h4-42H,1-3H3. The molecule has 0 saturated heterocycles. The Balaban J connectivity index is 0.966. The molecule has 10 aromatic rings. The maximum Gasteiger partial charge on any atom is 0.0465 e. The number of hydrogen-bond donors (Lipinski definition) is 0. The predicted molar refractivity (Wildman–Crippen MR) is 272 cm³/mol. The van der Waals surface area contributed by atoms with Crippen molar-refractivity contribution in [1.82, 2.24) is 0 Å². The molecule has 0 amide bonds. The number of hydrogen-bond acceptors (Lipinski definition) is 2. The van der Waals surface area contributed by atoms with E-state index in [0.717, 1.165) is 34.1 Å². The smallest absolute Gasteiger partial charge is 0.0465 e. The van der Waals surface area contributed by atoms with Gasteiger partial charge in [0.15, 0.2) is 0 Å². The molecule has 11 rings (SSSR count). The molecule has 1 aliphatic rings. The van der Waals surface area contributed by atoms with Crippen LogP contribution in [0.4, 0.5) is 34.1 Å². The molecule has 2 heteroatoms. The third kappa shape index (κ3) is 7.13. The first kappa shape index (κ1) is 38.9. The molecule has 0 aliphatic heterocycles. The quantitative estimate of drug-likeness (QED) is 0.143. The first-order valence-electron chi connectivity index (χ1n) is 22.2. The molecular weight excluding hydrogens is 773 g/mol. The topological polar surface area (TPSA) is 6.48 Å². The molecule has 0 N–H and O–H groups in total. The fourth-order valence-corrected chi connectivity index (χ4v) is 9.62. The van der Waals surface area contributed by atoms with Gasteiger partial charge in [-0.1, -0.05) is 177 Å². The Morgan fingerprint density at radius 3 is 1.08 bits per heavy atom. The maximum atomic E-state index is 2.43. The summed E-state index contributed by atoms with van der Waals surface area (Å²) in [5.74, 6) is 0. The molecule has 0 atom stereocenters. The van der Waals surface area contributed by atoms with Crippen molar-refractivity contribution >= 4 is 44.9 Å². The van der Waals surface area contributed by atoms with Gasteiger partial charge in [0.1, 0.15) is 0 Å². The van der Waals surface area contributed by atoms with E-state index < -0.39 is 0 Å². The molecule has 0 radical (unpaired) electrons. The SMILES string of the molecule is Cc1ccc(N(c2ccc(-c3ccc4ccccc4c3)cc2)c2ccc3c(c2)C(C)(C)c2cc(N(c4ccc(-c5ccccc5)cc4)c4ccc(-c5ccccc5)cc4)ccc2-3)cc1. The van der Waals surface area contributed by atoms with Gasteiger partial charge in [-0.15, -0.1) is 0 Å². The Morgan fingerprint density at radius 1 is 0.281 bits per heavy atom. The van der Waals surface area contributed by atoms with Gasteiger partial charge in [-0.3, -0.25) is 0 Å². The molecule has 0 unspecified atom stereocenters. The first-order chi connectivity index (χ1) is 31.4. The lowest BCUT2D eigenvalue weighted by Gasteiger charge is -2.29. The second-order valence-electron chi connectivity index (χ2n) is 17.5. The largest absolute Gasteiger partial charge is 0.310 e. The number of rotatable bonds is 9. The van der Waals surface area contributed by atoms with Gasteiger partial charge in [-0.2, -0.15) is 0 Å². The summed E-state index contributed by atoms with van der Waals surface area (Å²) in [5.41, 5.74) is 20.2. The number of fused-ring (bicyclic) bond motifs is 4. The second-order valence-corrected chi connectivity index (χ2v) is 17.5. The summed E-state index contributed by atoms with van der Waals surface area (Å²) in [6, 6.07) is 86.5. The summed E-state index contributed by atoms with van der Waals surface area (Å²) in [5, 5.41) is 2.51. The molecule has 2 nitrogen and oxygen atoms in total. The van der Waals surface area contributed by atoms with Crippen molar-refractivity contribution < 1.29 is 0 Å². The van der Waals surface area contributed by atoms with Crippen molar-refractivity contribution in [3.8, 4) is 44.5 Å². The molecule has 0 aromatic heterocycles. The van der Waals surface area contributed by atoms with Gasteiger partial charge in [0.05, 0.1) is 0 Å². The Hall–Kier alpha value is -7.94. The average Bonchev–Trinajstić information content (AvgIpc) is 3.58. The van der Waals surface area contributed by atoms with Crippen LogP contribution in [0, 0.1) is 6.92 Å². The van der Waals surface area contributed by atoms with Crippen LogP contribution in [0.25, 0.3) is 55.3 Å². The van der Waals surface area contributed by atoms with Gasteiger partial charge in [-0.25, -0.2) is 0 Å². The Bertz CT molecular complexity index is 3180. The zero-order valence-corrected chi connectivity index (χ0v) is 36.4. The molecule has 0 bridgehead atoms. The van der Waals surface area contributed by atoms with E-state index in [0.29, 0.717) is 0 Å². The molecule has 0 heterocycles. The van der Waals surface area contributed by atoms with Crippen LogP contribution < -0.4 is 9.80 Å². The number of benzene rings is 10. The lowest BCUT2D eigenvalue weighted by atomic mass is 9.82. The lowest BCUT2D eigenvalue weighted by Crippen LogP contribution is -2.17. The minimum Gasteiger partial charge on any atom is -0.310 e. The number of nitrogens with zero attached hydrogens (tertiary/aromatic N) is 2. The van der Waals surface area contributed by atoms with E-state index in [2.05, 4.69) is 267 Å². The normalized spacial score (nSPS) is 12.4. The van der Waals surface area contributed by atoms with E-state index in [-0.39, 0.29) is 5.41 Å². The van der Waals surface area contributed by atoms with E-state index in [4.69, 9.17) is 0 Å². The average molecular weight is 821 g/mol. The number of aryl methyl sites for hydroxylation is 1. The summed E-state index contributed by atoms with van der Waals surface area (Å²) in [6.45, 7) is 6.91. The monoisotopic (exact) mass is 820 g/mol. The van der Waals surface area contributed by atoms with Gasteiger partial charge in [-0.05, 0) is 152 Å². The van der Waals surface area contributed by atoms with Crippen LogP contribution in [0.5, 0.6) is 0 Å². The van der Waals surface area contributed by atoms with Crippen LogP contribution in [-0.2, 0) is 5.41 Å². The molecule has 306 valence electrons. The zero-order valence-electron chi connectivity index (χ0n) is 36.4. The Labute approximate surface area is 377 Å². The summed E-state index contributed by atoms with van der Waals surface area (Å²) >= 11 is 0. The van der Waals surface area contributed by atoms with Gasteiger partial charge >= 0.3 is 0 Å². The van der Waals surface area contributed by atoms with E-state index in [1.807, 2.05) is 0 Å². The fraction of sp³-hybridized carbons (Fsp3) is 0.0645. The van der Waals surface area contributed by atoms with Crippen molar-refractivity contribution in [3.05, 3.63) is 253 Å². The fourth-order valence-electron chi connectivity index (χ4n) is 9.62. The predicted octanol–water partition coefficient (Wildman–Crippen LogP) is 17.4. The molecule has 0 spiro atoms. The van der Waals surface area contributed by atoms with Crippen molar-refractivity contribution in [3.63, 3.8) is 0 Å². The van der Waals surface area contributed by atoms with Crippen LogP contribution in [0.2, 0.25) is 0 Å². The van der Waals surface area contributed by atoms with Crippen LogP contribution in [0.1, 0.15) is 30.5 Å². The third-order valence-electron chi connectivity index (χ3n) is 13.1. The van der Waals surface area contributed by atoms with E-state index >= 15 is 0 Å². The summed E-state index contributed by atoms with van der Waals surface area (Å²) in [6.07, 6.45) is 0. The van der Waals surface area contributed by atoms with Gasteiger partial charge in [0, 0.05) is 39.5 Å². The van der Waals surface area contributed by atoms with Gasteiger partial charge in [0.2, 0.25) is 0 Å². The molecule has 0 fully saturated rings. The third-order valence-corrected chi connectivity index (χ3v) is 13.1. The maximum absolute atomic E-state index is 2.43. The summed E-state index contributed by atoms with van der Waals surface area (Å²) < 4.78 is 0. The molecule has 64 heavy (non-hydrogen) atoms. The van der Waals surface area contributed by atoms with Crippen LogP contribution >= 0.6 is 0 Å². The Morgan fingerprint density at radius 2 is 0.625 bits per heavy atom. The molecule has 0 saturated carbocycles. The van der Waals surface area contributed by atoms with Gasteiger partial charge < -0.3 is 9.80 Å². The van der Waals surface area contributed by atoms with Crippen LogP contribution in [0.3, 0.4) is 0 Å². The summed E-state index contributed by atoms with van der Waals surface area (Å²) in [7, 11) is 0. The number of anilines is 6. The molecule has 10 aromatic carbocycles. The van der Waals surface area contributed by atoms with Crippen molar-refractivity contribution in [2.45, 2.75) is 26.2 Å². The van der Waals surface area contributed by atoms with Crippen molar-refractivity contribution in [2.24, 2.45) is 0 Å². The van der Waals surface area contributed by atoms with E-state index in [1.54, 1.807) is 0 Å². The second kappa shape index (κ2) is 16.1. The highest BCUT2D eigenvalue weighted by atomic mass is 15.1. The highest BCUT2D eigenvalue weighted by Crippen LogP contribution is 2.52. The van der Waals surface area contributed by atoms with Crippen molar-refractivity contribution in [2.75, 3.05) is 9.80 Å². The lowest BCUT2D eigenvalue weighted by molar-refractivity contribution is 0.660. The summed E-state index contributed by atoms with van der Waals surface area (Å²) in [4.78, 5) is 4.80. The van der Waals surface area contributed by atoms with Crippen LogP contribution in [-0.4, -0.2) is 0 Å². The minimum atomic E-state index is -0.254. The van der Waals surface area contributed by atoms with E-state index in [9.17, 15) is 0 Å². The van der Waals surface area contributed by atoms with Crippen LogP contribution in [0.15, 0.2) is 237 Å². The zero-order chi connectivity index (χ0) is 43.2. The highest BCUT2D eigenvalue weighted by Gasteiger charge is 2.37. The van der Waals surface area contributed by atoms with E-state index in [1.165, 1.54) is 72.0 Å². The molecular formula is C62H48N2. The van der Waals surface area contributed by atoms with Gasteiger partial charge in [0.25, 0.3) is 0 Å². The first-order valence-corrected chi connectivity index (χ1v) is 22.2. The Kier molecular flexibility index (Phi) is 9.78. The van der Waals surface area contributed by atoms with Crippen molar-refractivity contribution in [1.29, 1.82) is 0 Å². The molecule has 1 aliphatic carbocycles.